The molecule has 1 aromatic rings. The molecule has 0 aliphatic carbocycles. The predicted molar refractivity (Wildman–Crippen MR) is 79.8 cm³/mol. The SMILES string of the molecule is CC(=O)NCC1(c2ccc(Cl)c(Cl)c2)CCCCNO1. The maximum Gasteiger partial charge on any atom is 0.216 e. The Hall–Kier alpha value is -0.810. The first-order chi connectivity index (χ1) is 9.53. The van der Waals surface area contributed by atoms with E-state index in [-0.39, 0.29) is 5.91 Å². The van der Waals surface area contributed by atoms with E-state index in [0.717, 1.165) is 31.4 Å². The van der Waals surface area contributed by atoms with E-state index in [2.05, 4.69) is 10.8 Å². The zero-order valence-corrected chi connectivity index (χ0v) is 12.9. The number of carbonyl (C=O) groups excluding carboxylic acids is 1. The summed E-state index contributed by atoms with van der Waals surface area (Å²) in [4.78, 5) is 17.1. The number of hydroxylamine groups is 1. The summed E-state index contributed by atoms with van der Waals surface area (Å²) in [5.74, 6) is -0.0858. The highest BCUT2D eigenvalue weighted by Gasteiger charge is 2.35. The van der Waals surface area contributed by atoms with Crippen LogP contribution in [0.25, 0.3) is 0 Å². The summed E-state index contributed by atoms with van der Waals surface area (Å²) in [5.41, 5.74) is 3.26. The lowest BCUT2D eigenvalue weighted by Gasteiger charge is -2.32. The summed E-state index contributed by atoms with van der Waals surface area (Å²) in [6.07, 6.45) is 2.84. The van der Waals surface area contributed by atoms with Crippen LogP contribution < -0.4 is 10.8 Å². The molecular formula is C14H18Cl2N2O2. The number of hydrogen-bond donors (Lipinski definition) is 2. The number of nitrogens with one attached hydrogen (secondary N) is 2. The Morgan fingerprint density at radius 1 is 1.40 bits per heavy atom. The van der Waals surface area contributed by atoms with Gasteiger partial charge in [-0.3, -0.25) is 9.63 Å². The molecule has 2 N–H and O–H groups in total. The van der Waals surface area contributed by atoms with Crippen molar-refractivity contribution >= 4 is 29.1 Å². The van der Waals surface area contributed by atoms with E-state index in [0.29, 0.717) is 16.6 Å². The number of amides is 1. The molecule has 1 atom stereocenters. The molecule has 110 valence electrons. The van der Waals surface area contributed by atoms with Crippen LogP contribution >= 0.6 is 23.2 Å². The standard InChI is InChI=1S/C14H18Cl2N2O2/c1-10(19)17-9-14(6-2-3-7-18-20-14)11-4-5-12(15)13(16)8-11/h4-5,8,18H,2-3,6-7,9H2,1H3,(H,17,19). The van der Waals surface area contributed by atoms with E-state index in [9.17, 15) is 4.79 Å². The summed E-state index contributed by atoms with van der Waals surface area (Å²) >= 11 is 12.1. The van der Waals surface area contributed by atoms with Crippen LogP contribution in [0.2, 0.25) is 10.0 Å². The molecule has 0 radical (unpaired) electrons. The average Bonchev–Trinajstić information content (AvgIpc) is 2.66. The van der Waals surface area contributed by atoms with Crippen molar-refractivity contribution in [3.05, 3.63) is 33.8 Å². The second-order valence-corrected chi connectivity index (χ2v) is 5.80. The lowest BCUT2D eigenvalue weighted by atomic mass is 9.88. The number of carbonyl (C=O) groups is 1. The maximum absolute atomic E-state index is 11.2. The molecule has 0 spiro atoms. The molecule has 1 fully saturated rings. The van der Waals surface area contributed by atoms with Gasteiger partial charge in [-0.05, 0) is 37.0 Å². The number of hydrogen-bond acceptors (Lipinski definition) is 3. The lowest BCUT2D eigenvalue weighted by Crippen LogP contribution is -2.44. The summed E-state index contributed by atoms with van der Waals surface area (Å²) in [6, 6.07) is 5.45. The molecule has 0 saturated carbocycles. The largest absolute Gasteiger partial charge is 0.353 e. The van der Waals surface area contributed by atoms with Crippen molar-refractivity contribution in [1.29, 1.82) is 0 Å². The normalized spacial score (nSPS) is 23.1. The quantitative estimate of drug-likeness (QED) is 0.901. The third-order valence-electron chi connectivity index (χ3n) is 3.45. The number of benzene rings is 1. The van der Waals surface area contributed by atoms with E-state index >= 15 is 0 Å². The third-order valence-corrected chi connectivity index (χ3v) is 4.18. The zero-order valence-electron chi connectivity index (χ0n) is 11.3. The molecular weight excluding hydrogens is 299 g/mol. The minimum atomic E-state index is -0.615. The van der Waals surface area contributed by atoms with Crippen molar-refractivity contribution in [2.24, 2.45) is 0 Å². The van der Waals surface area contributed by atoms with Crippen LogP contribution in [-0.2, 0) is 15.2 Å². The van der Waals surface area contributed by atoms with E-state index in [4.69, 9.17) is 28.0 Å². The molecule has 1 aromatic carbocycles. The van der Waals surface area contributed by atoms with Gasteiger partial charge in [-0.15, -0.1) is 0 Å². The lowest BCUT2D eigenvalue weighted by molar-refractivity contribution is -0.127. The topological polar surface area (TPSA) is 50.4 Å². The Labute approximate surface area is 128 Å². The first kappa shape index (κ1) is 15.6. The zero-order chi connectivity index (χ0) is 14.6. The molecule has 2 rings (SSSR count). The van der Waals surface area contributed by atoms with E-state index < -0.39 is 5.60 Å². The molecule has 6 heteroatoms. The van der Waals surface area contributed by atoms with Crippen molar-refractivity contribution in [3.63, 3.8) is 0 Å². The van der Waals surface area contributed by atoms with Gasteiger partial charge in [0.15, 0.2) is 0 Å². The van der Waals surface area contributed by atoms with Gasteiger partial charge in [-0.25, -0.2) is 5.48 Å². The highest BCUT2D eigenvalue weighted by atomic mass is 35.5. The summed E-state index contributed by atoms with van der Waals surface area (Å²) in [5, 5.41) is 3.83. The molecule has 0 aromatic heterocycles. The first-order valence-electron chi connectivity index (χ1n) is 6.64. The van der Waals surface area contributed by atoms with Crippen molar-refractivity contribution < 1.29 is 9.63 Å². The Bertz CT molecular complexity index is 486. The minimum absolute atomic E-state index is 0.0858. The van der Waals surface area contributed by atoms with Crippen LogP contribution in [-0.4, -0.2) is 19.0 Å². The van der Waals surface area contributed by atoms with Gasteiger partial charge in [-0.2, -0.15) is 0 Å². The molecule has 1 heterocycles. The Morgan fingerprint density at radius 2 is 2.20 bits per heavy atom. The van der Waals surface area contributed by atoms with Gasteiger partial charge in [0.05, 0.1) is 16.6 Å². The summed E-state index contributed by atoms with van der Waals surface area (Å²) in [7, 11) is 0. The van der Waals surface area contributed by atoms with Crippen LogP contribution in [0, 0.1) is 0 Å². The van der Waals surface area contributed by atoms with E-state index in [1.807, 2.05) is 6.07 Å². The van der Waals surface area contributed by atoms with Gasteiger partial charge < -0.3 is 5.32 Å². The van der Waals surface area contributed by atoms with Gasteiger partial charge in [0.25, 0.3) is 0 Å². The fourth-order valence-corrected chi connectivity index (χ4v) is 2.62. The highest BCUT2D eigenvalue weighted by Crippen LogP contribution is 2.35. The van der Waals surface area contributed by atoms with Gasteiger partial charge >= 0.3 is 0 Å². The second-order valence-electron chi connectivity index (χ2n) is 4.99. The Morgan fingerprint density at radius 3 is 2.90 bits per heavy atom. The van der Waals surface area contributed by atoms with Crippen molar-refractivity contribution in [3.8, 4) is 0 Å². The highest BCUT2D eigenvalue weighted by molar-refractivity contribution is 6.42. The summed E-state index contributed by atoms with van der Waals surface area (Å²) in [6.45, 7) is 2.68. The Kier molecular flexibility index (Phi) is 5.27. The van der Waals surface area contributed by atoms with Crippen LogP contribution in [0.5, 0.6) is 0 Å². The fraction of sp³-hybridized carbons (Fsp3) is 0.500. The predicted octanol–water partition coefficient (Wildman–Crippen LogP) is 3.03. The molecule has 1 saturated heterocycles. The van der Waals surface area contributed by atoms with Gasteiger partial charge in [0, 0.05) is 13.5 Å². The van der Waals surface area contributed by atoms with E-state index in [1.165, 1.54) is 6.92 Å². The average molecular weight is 317 g/mol. The maximum atomic E-state index is 11.2. The molecule has 0 bridgehead atoms. The van der Waals surface area contributed by atoms with Crippen LogP contribution in [0.1, 0.15) is 31.7 Å². The molecule has 1 unspecified atom stereocenters. The summed E-state index contributed by atoms with van der Waals surface area (Å²) < 4.78 is 0. The second kappa shape index (κ2) is 6.76. The van der Waals surface area contributed by atoms with Crippen molar-refractivity contribution in [2.75, 3.05) is 13.1 Å². The fourth-order valence-electron chi connectivity index (χ4n) is 2.32. The van der Waals surface area contributed by atoms with Crippen LogP contribution in [0.3, 0.4) is 0 Å². The van der Waals surface area contributed by atoms with Gasteiger partial charge in [-0.1, -0.05) is 29.3 Å². The first-order valence-corrected chi connectivity index (χ1v) is 7.40. The smallest absolute Gasteiger partial charge is 0.216 e. The number of rotatable bonds is 3. The van der Waals surface area contributed by atoms with E-state index in [1.54, 1.807) is 12.1 Å². The van der Waals surface area contributed by atoms with Crippen LogP contribution in [0.4, 0.5) is 0 Å². The van der Waals surface area contributed by atoms with Gasteiger partial charge in [0.2, 0.25) is 5.91 Å². The molecule has 1 aliphatic rings. The monoisotopic (exact) mass is 316 g/mol. The van der Waals surface area contributed by atoms with Crippen LogP contribution in [0.15, 0.2) is 18.2 Å². The van der Waals surface area contributed by atoms with Gasteiger partial charge in [0.1, 0.15) is 5.60 Å². The molecule has 20 heavy (non-hydrogen) atoms. The third kappa shape index (κ3) is 3.64. The minimum Gasteiger partial charge on any atom is -0.353 e. The molecule has 1 amide bonds. The Balaban J connectivity index is 2.32. The molecule has 1 aliphatic heterocycles. The molecule has 4 nitrogen and oxygen atoms in total. The van der Waals surface area contributed by atoms with Crippen molar-refractivity contribution in [1.82, 2.24) is 10.8 Å². The van der Waals surface area contributed by atoms with Crippen molar-refractivity contribution in [2.45, 2.75) is 31.8 Å². The number of halogens is 2.